The van der Waals surface area contributed by atoms with Gasteiger partial charge in [-0.1, -0.05) is 35.9 Å². The van der Waals surface area contributed by atoms with Crippen molar-refractivity contribution in [3.05, 3.63) is 46.7 Å². The number of hydrogen-bond acceptors (Lipinski definition) is 4. The van der Waals surface area contributed by atoms with Gasteiger partial charge in [-0.2, -0.15) is 0 Å². The minimum atomic E-state index is -0.320. The zero-order chi connectivity index (χ0) is 17.5. The third-order valence-corrected chi connectivity index (χ3v) is 5.42. The van der Waals surface area contributed by atoms with E-state index in [1.807, 2.05) is 24.3 Å². The van der Waals surface area contributed by atoms with Gasteiger partial charge in [0, 0.05) is 10.4 Å². The molecule has 0 atom stereocenters. The minimum Gasteiger partial charge on any atom is -0.380 e. The van der Waals surface area contributed by atoms with Gasteiger partial charge in [0.05, 0.1) is 31.5 Å². The summed E-state index contributed by atoms with van der Waals surface area (Å²) in [6, 6.07) is 7.69. The van der Waals surface area contributed by atoms with Crippen molar-refractivity contribution in [2.75, 3.05) is 13.2 Å². The Morgan fingerprint density at radius 3 is 2.60 bits per heavy atom. The maximum absolute atomic E-state index is 12.7. The first-order valence-corrected chi connectivity index (χ1v) is 8.92. The molecule has 6 nitrogen and oxygen atoms in total. The van der Waals surface area contributed by atoms with Crippen LogP contribution in [0.25, 0.3) is 0 Å². The highest BCUT2D eigenvalue weighted by Gasteiger charge is 2.40. The first-order chi connectivity index (χ1) is 12.0. The lowest BCUT2D eigenvalue weighted by atomic mass is 9.71. The van der Waals surface area contributed by atoms with E-state index >= 15 is 0 Å². The van der Waals surface area contributed by atoms with Crippen molar-refractivity contribution in [3.63, 3.8) is 0 Å². The van der Waals surface area contributed by atoms with Gasteiger partial charge in [-0.15, -0.1) is 5.10 Å². The molecule has 1 saturated carbocycles. The van der Waals surface area contributed by atoms with Crippen LogP contribution in [-0.2, 0) is 16.8 Å². The van der Waals surface area contributed by atoms with Crippen molar-refractivity contribution in [1.82, 2.24) is 20.3 Å². The molecule has 1 aliphatic carbocycles. The summed E-state index contributed by atoms with van der Waals surface area (Å²) in [7, 11) is 0. The lowest BCUT2D eigenvalue weighted by molar-refractivity contribution is -0.111. The molecule has 1 aromatic heterocycles. The van der Waals surface area contributed by atoms with Crippen LogP contribution in [0.1, 0.15) is 42.2 Å². The summed E-state index contributed by atoms with van der Waals surface area (Å²) in [4.78, 5) is 12.7. The molecule has 0 unspecified atom stereocenters. The zero-order valence-corrected chi connectivity index (χ0v) is 14.9. The second kappa shape index (κ2) is 6.11. The standard InChI is InChI=1S/C18H21ClN4O2/c1-17(11-25-12-17)10-23-9-15(21-22-23)16(24)20-18(7-2-8-18)13-3-5-14(19)6-4-13/h3-6,9H,2,7-8,10-12H2,1H3,(H,20,24). The van der Waals surface area contributed by atoms with Crippen LogP contribution in [0.5, 0.6) is 0 Å². The predicted octanol–water partition coefficient (Wildman–Crippen LogP) is 2.78. The van der Waals surface area contributed by atoms with Gasteiger partial charge < -0.3 is 10.1 Å². The van der Waals surface area contributed by atoms with Gasteiger partial charge in [-0.25, -0.2) is 0 Å². The van der Waals surface area contributed by atoms with Crippen LogP contribution in [0, 0.1) is 5.41 Å². The Bertz CT molecular complexity index is 779. The van der Waals surface area contributed by atoms with E-state index in [4.69, 9.17) is 16.3 Å². The number of halogens is 1. The summed E-state index contributed by atoms with van der Waals surface area (Å²) < 4.78 is 6.99. The summed E-state index contributed by atoms with van der Waals surface area (Å²) in [5.74, 6) is -0.184. The lowest BCUT2D eigenvalue weighted by Gasteiger charge is -2.43. The summed E-state index contributed by atoms with van der Waals surface area (Å²) in [5, 5.41) is 12.0. The molecule has 25 heavy (non-hydrogen) atoms. The van der Waals surface area contributed by atoms with Crippen LogP contribution in [0.15, 0.2) is 30.5 Å². The molecular weight excluding hydrogens is 340 g/mol. The second-order valence-electron chi connectivity index (χ2n) is 7.50. The smallest absolute Gasteiger partial charge is 0.274 e. The molecular formula is C18H21ClN4O2. The van der Waals surface area contributed by atoms with E-state index in [0.717, 1.165) is 24.8 Å². The third-order valence-electron chi connectivity index (χ3n) is 5.17. The van der Waals surface area contributed by atoms with Crippen LogP contribution in [0.3, 0.4) is 0 Å². The monoisotopic (exact) mass is 360 g/mol. The lowest BCUT2D eigenvalue weighted by Crippen LogP contribution is -2.50. The maximum Gasteiger partial charge on any atom is 0.274 e. The number of nitrogens with zero attached hydrogens (tertiary/aromatic N) is 3. The number of rotatable bonds is 5. The van der Waals surface area contributed by atoms with Gasteiger partial charge in [0.1, 0.15) is 0 Å². The van der Waals surface area contributed by atoms with Gasteiger partial charge in [-0.05, 0) is 37.0 Å². The van der Waals surface area contributed by atoms with Crippen molar-refractivity contribution in [1.29, 1.82) is 0 Å². The molecule has 0 spiro atoms. The number of nitrogens with one attached hydrogen (secondary N) is 1. The summed E-state index contributed by atoms with van der Waals surface area (Å²) in [6.07, 6.45) is 4.65. The van der Waals surface area contributed by atoms with Gasteiger partial charge in [0.15, 0.2) is 5.69 Å². The summed E-state index contributed by atoms with van der Waals surface area (Å²) in [5.41, 5.74) is 1.20. The van der Waals surface area contributed by atoms with Crippen molar-refractivity contribution < 1.29 is 9.53 Å². The number of aromatic nitrogens is 3. The van der Waals surface area contributed by atoms with Crippen molar-refractivity contribution in [2.45, 2.75) is 38.3 Å². The van der Waals surface area contributed by atoms with Crippen molar-refractivity contribution >= 4 is 17.5 Å². The van der Waals surface area contributed by atoms with Crippen LogP contribution in [-0.4, -0.2) is 34.1 Å². The molecule has 7 heteroatoms. The Kier molecular flexibility index (Phi) is 4.04. The zero-order valence-electron chi connectivity index (χ0n) is 14.2. The van der Waals surface area contributed by atoms with E-state index in [1.54, 1.807) is 10.9 Å². The Balaban J connectivity index is 1.47. The van der Waals surface area contributed by atoms with Crippen LogP contribution in [0.4, 0.5) is 0 Å². The molecule has 0 radical (unpaired) electrons. The van der Waals surface area contributed by atoms with Crippen molar-refractivity contribution in [2.24, 2.45) is 5.41 Å². The van der Waals surface area contributed by atoms with Crippen molar-refractivity contribution in [3.8, 4) is 0 Å². The number of benzene rings is 1. The summed E-state index contributed by atoms with van der Waals surface area (Å²) >= 11 is 5.98. The number of amides is 1. The largest absolute Gasteiger partial charge is 0.380 e. The van der Waals surface area contributed by atoms with Gasteiger partial charge in [0.25, 0.3) is 5.91 Å². The molecule has 0 bridgehead atoms. The quantitative estimate of drug-likeness (QED) is 0.890. The molecule has 1 saturated heterocycles. The first kappa shape index (κ1) is 16.5. The minimum absolute atomic E-state index is 0.0833. The molecule has 4 rings (SSSR count). The third kappa shape index (κ3) is 3.16. The molecule has 1 aliphatic heterocycles. The Morgan fingerprint density at radius 2 is 2.04 bits per heavy atom. The summed E-state index contributed by atoms with van der Waals surface area (Å²) in [6.45, 7) is 4.28. The van der Waals surface area contributed by atoms with E-state index in [9.17, 15) is 4.79 Å². The van der Waals surface area contributed by atoms with Crippen LogP contribution >= 0.6 is 11.6 Å². The Morgan fingerprint density at radius 1 is 1.32 bits per heavy atom. The van der Waals surface area contributed by atoms with Crippen LogP contribution < -0.4 is 5.32 Å². The fourth-order valence-electron chi connectivity index (χ4n) is 3.48. The number of hydrogen-bond donors (Lipinski definition) is 1. The van der Waals surface area contributed by atoms with Gasteiger partial charge in [0.2, 0.25) is 0 Å². The highest BCUT2D eigenvalue weighted by molar-refractivity contribution is 6.30. The average Bonchev–Trinajstić information content (AvgIpc) is 2.99. The van der Waals surface area contributed by atoms with E-state index in [2.05, 4.69) is 22.6 Å². The number of ether oxygens (including phenoxy) is 1. The highest BCUT2D eigenvalue weighted by Crippen LogP contribution is 2.41. The molecule has 1 amide bonds. The number of carbonyl (C=O) groups is 1. The molecule has 2 fully saturated rings. The van der Waals surface area contributed by atoms with E-state index in [-0.39, 0.29) is 16.9 Å². The van der Waals surface area contributed by atoms with Gasteiger partial charge >= 0.3 is 0 Å². The first-order valence-electron chi connectivity index (χ1n) is 8.55. The number of carbonyl (C=O) groups excluding carboxylic acids is 1. The SMILES string of the molecule is CC1(Cn2cc(C(=O)NC3(c4ccc(Cl)cc4)CCC3)nn2)COC1. The fraction of sp³-hybridized carbons (Fsp3) is 0.500. The Hall–Kier alpha value is -1.92. The van der Waals surface area contributed by atoms with Crippen LogP contribution in [0.2, 0.25) is 5.02 Å². The molecule has 1 N–H and O–H groups in total. The molecule has 132 valence electrons. The molecule has 1 aromatic carbocycles. The van der Waals surface area contributed by atoms with E-state index in [0.29, 0.717) is 30.5 Å². The predicted molar refractivity (Wildman–Crippen MR) is 93.4 cm³/mol. The van der Waals surface area contributed by atoms with E-state index < -0.39 is 0 Å². The van der Waals surface area contributed by atoms with Gasteiger partial charge in [-0.3, -0.25) is 9.48 Å². The molecule has 2 heterocycles. The average molecular weight is 361 g/mol. The fourth-order valence-corrected chi connectivity index (χ4v) is 3.61. The topological polar surface area (TPSA) is 69.0 Å². The van der Waals surface area contributed by atoms with E-state index in [1.165, 1.54) is 0 Å². The maximum atomic E-state index is 12.7. The highest BCUT2D eigenvalue weighted by atomic mass is 35.5. The second-order valence-corrected chi connectivity index (χ2v) is 7.94. The molecule has 2 aromatic rings. The Labute approximate surface area is 151 Å². The molecule has 2 aliphatic rings. The normalized spacial score (nSPS) is 20.4.